The zero-order valence-electron chi connectivity index (χ0n) is 17.5. The second-order valence-electron chi connectivity index (χ2n) is 7.85. The van der Waals surface area contributed by atoms with Gasteiger partial charge >= 0.3 is 0 Å². The normalized spacial score (nSPS) is 16.0. The van der Waals surface area contributed by atoms with Gasteiger partial charge in [-0.15, -0.1) is 0 Å². The molecule has 0 unspecified atom stereocenters. The SMILES string of the molecule is COC1CCN(c2ccn(-c3cc(-c4c(F)cccc4C#N)nc4c3C(=O)NC4)n2)CC1. The topological polar surface area (TPSA) is 96.1 Å². The van der Waals surface area contributed by atoms with Crippen molar-refractivity contribution < 1.29 is 13.9 Å². The number of methoxy groups -OCH3 is 1. The van der Waals surface area contributed by atoms with Crippen molar-refractivity contribution in [2.45, 2.75) is 25.5 Å². The Bertz CT molecular complexity index is 1240. The van der Waals surface area contributed by atoms with Crippen LogP contribution in [0.4, 0.5) is 10.2 Å². The summed E-state index contributed by atoms with van der Waals surface area (Å²) in [6.07, 6.45) is 3.89. The van der Waals surface area contributed by atoms with Crippen LogP contribution in [-0.2, 0) is 11.3 Å². The predicted octanol–water partition coefficient (Wildman–Crippen LogP) is 2.80. The van der Waals surface area contributed by atoms with Crippen LogP contribution in [0.3, 0.4) is 0 Å². The molecule has 9 heteroatoms. The summed E-state index contributed by atoms with van der Waals surface area (Å²) in [6, 6.07) is 9.88. The van der Waals surface area contributed by atoms with E-state index in [0.717, 1.165) is 31.7 Å². The summed E-state index contributed by atoms with van der Waals surface area (Å²) >= 11 is 0. The Balaban J connectivity index is 1.58. The number of hydrogen-bond acceptors (Lipinski definition) is 6. The van der Waals surface area contributed by atoms with Gasteiger partial charge in [0.25, 0.3) is 5.91 Å². The van der Waals surface area contributed by atoms with Crippen LogP contribution in [-0.4, -0.2) is 47.0 Å². The van der Waals surface area contributed by atoms with E-state index in [1.54, 1.807) is 30.1 Å². The number of ether oxygens (including phenoxy) is 1. The maximum Gasteiger partial charge on any atom is 0.255 e. The molecule has 0 bridgehead atoms. The van der Waals surface area contributed by atoms with E-state index in [-0.39, 0.29) is 29.7 Å². The Morgan fingerprint density at radius 1 is 1.25 bits per heavy atom. The Kier molecular flexibility index (Phi) is 5.07. The van der Waals surface area contributed by atoms with E-state index in [0.29, 0.717) is 22.6 Å². The summed E-state index contributed by atoms with van der Waals surface area (Å²) in [5.74, 6) is 0.0108. The second kappa shape index (κ2) is 8.05. The molecule has 4 heterocycles. The molecule has 162 valence electrons. The van der Waals surface area contributed by atoms with E-state index in [2.05, 4.69) is 15.2 Å². The van der Waals surface area contributed by atoms with Crippen molar-refractivity contribution in [2.24, 2.45) is 0 Å². The number of aromatic nitrogens is 3. The summed E-state index contributed by atoms with van der Waals surface area (Å²) in [5, 5.41) is 16.9. The first kappa shape index (κ1) is 20.2. The lowest BCUT2D eigenvalue weighted by atomic mass is 10.0. The van der Waals surface area contributed by atoms with Crippen LogP contribution < -0.4 is 10.2 Å². The van der Waals surface area contributed by atoms with Crippen molar-refractivity contribution >= 4 is 11.7 Å². The van der Waals surface area contributed by atoms with Gasteiger partial charge in [0.1, 0.15) is 5.82 Å². The van der Waals surface area contributed by atoms with Crippen LogP contribution in [0, 0.1) is 17.1 Å². The highest BCUT2D eigenvalue weighted by molar-refractivity contribution is 6.01. The number of hydrogen-bond donors (Lipinski definition) is 1. The molecular weight excluding hydrogens is 411 g/mol. The number of fused-ring (bicyclic) bond motifs is 1. The molecule has 5 rings (SSSR count). The molecular formula is C23H21FN6O2. The van der Waals surface area contributed by atoms with Crippen molar-refractivity contribution in [3.63, 3.8) is 0 Å². The van der Waals surface area contributed by atoms with E-state index in [1.807, 2.05) is 12.1 Å². The molecule has 1 fully saturated rings. The minimum Gasteiger partial charge on any atom is -0.381 e. The quantitative estimate of drug-likeness (QED) is 0.681. The number of rotatable bonds is 4. The van der Waals surface area contributed by atoms with Crippen molar-refractivity contribution in [3.05, 3.63) is 59.2 Å². The van der Waals surface area contributed by atoms with Gasteiger partial charge in [-0.25, -0.2) is 14.1 Å². The first-order valence-electron chi connectivity index (χ1n) is 10.4. The molecule has 0 atom stereocenters. The molecule has 2 aliphatic rings. The van der Waals surface area contributed by atoms with Crippen LogP contribution >= 0.6 is 0 Å². The zero-order valence-corrected chi connectivity index (χ0v) is 17.5. The molecule has 3 aromatic rings. The van der Waals surface area contributed by atoms with Crippen molar-refractivity contribution in [3.8, 4) is 23.0 Å². The Morgan fingerprint density at radius 3 is 2.81 bits per heavy atom. The van der Waals surface area contributed by atoms with E-state index < -0.39 is 5.82 Å². The standard InChI is InChI=1S/C23H21FN6O2/c1-32-15-5-8-29(9-6-15)20-7-10-30(28-20)19-11-17(27-18-13-26-23(31)22(18)19)21-14(12-25)3-2-4-16(21)24/h2-4,7,10-11,15H,5-6,8-9,13H2,1H3,(H,26,31). The lowest BCUT2D eigenvalue weighted by molar-refractivity contribution is 0.0818. The molecule has 0 aliphatic carbocycles. The van der Waals surface area contributed by atoms with Gasteiger partial charge in [-0.2, -0.15) is 10.4 Å². The smallest absolute Gasteiger partial charge is 0.255 e. The number of pyridine rings is 1. The van der Waals surface area contributed by atoms with Crippen LogP contribution in [0.2, 0.25) is 0 Å². The highest BCUT2D eigenvalue weighted by Crippen LogP contribution is 2.32. The molecule has 0 saturated carbocycles. The Labute approximate surface area is 184 Å². The molecule has 1 saturated heterocycles. The summed E-state index contributed by atoms with van der Waals surface area (Å²) in [5.41, 5.74) is 2.02. The number of anilines is 1. The Morgan fingerprint density at radius 2 is 2.06 bits per heavy atom. The fourth-order valence-electron chi connectivity index (χ4n) is 4.33. The number of nitriles is 1. The third kappa shape index (κ3) is 3.39. The lowest BCUT2D eigenvalue weighted by Gasteiger charge is -2.31. The fraction of sp³-hybridized carbons (Fsp3) is 0.304. The monoisotopic (exact) mass is 432 g/mol. The minimum absolute atomic E-state index is 0.118. The van der Waals surface area contributed by atoms with E-state index in [9.17, 15) is 14.4 Å². The van der Waals surface area contributed by atoms with Crippen molar-refractivity contribution in [2.75, 3.05) is 25.1 Å². The number of piperidine rings is 1. The Hall–Kier alpha value is -3.77. The molecule has 0 spiro atoms. The molecule has 32 heavy (non-hydrogen) atoms. The maximum absolute atomic E-state index is 14.7. The summed E-state index contributed by atoms with van der Waals surface area (Å²) in [6.45, 7) is 1.90. The first-order chi connectivity index (χ1) is 15.6. The molecule has 2 aliphatic heterocycles. The van der Waals surface area contributed by atoms with Gasteiger partial charge in [-0.1, -0.05) is 6.07 Å². The van der Waals surface area contributed by atoms with E-state index in [4.69, 9.17) is 9.84 Å². The molecule has 2 aromatic heterocycles. The molecule has 1 amide bonds. The van der Waals surface area contributed by atoms with Crippen molar-refractivity contribution in [1.82, 2.24) is 20.1 Å². The molecule has 1 N–H and O–H groups in total. The largest absolute Gasteiger partial charge is 0.381 e. The highest BCUT2D eigenvalue weighted by atomic mass is 19.1. The molecule has 0 radical (unpaired) electrons. The van der Waals surface area contributed by atoms with E-state index >= 15 is 0 Å². The van der Waals surface area contributed by atoms with Crippen molar-refractivity contribution in [1.29, 1.82) is 5.26 Å². The van der Waals surface area contributed by atoms with Crippen LogP contribution in [0.5, 0.6) is 0 Å². The van der Waals surface area contributed by atoms with Crippen LogP contribution in [0.25, 0.3) is 16.9 Å². The second-order valence-corrected chi connectivity index (χ2v) is 7.85. The minimum atomic E-state index is -0.540. The lowest BCUT2D eigenvalue weighted by Crippen LogP contribution is -2.36. The summed E-state index contributed by atoms with van der Waals surface area (Å²) < 4.78 is 21.7. The number of nitrogens with zero attached hydrogens (tertiary/aromatic N) is 5. The van der Waals surface area contributed by atoms with Gasteiger partial charge in [0.15, 0.2) is 5.82 Å². The number of carbonyl (C=O) groups excluding carboxylic acids is 1. The number of halogens is 1. The van der Waals surface area contributed by atoms with Gasteiger partial charge in [-0.05, 0) is 31.0 Å². The number of carbonyl (C=O) groups is 1. The summed E-state index contributed by atoms with van der Waals surface area (Å²) in [4.78, 5) is 19.2. The van der Waals surface area contributed by atoms with Crippen LogP contribution in [0.1, 0.15) is 34.5 Å². The van der Waals surface area contributed by atoms with Gasteiger partial charge in [-0.3, -0.25) is 4.79 Å². The van der Waals surface area contributed by atoms with Gasteiger partial charge < -0.3 is 15.0 Å². The highest BCUT2D eigenvalue weighted by Gasteiger charge is 2.28. The maximum atomic E-state index is 14.7. The average Bonchev–Trinajstić information content (AvgIpc) is 3.46. The third-order valence-electron chi connectivity index (χ3n) is 6.03. The average molecular weight is 432 g/mol. The van der Waals surface area contributed by atoms with Gasteiger partial charge in [0, 0.05) is 32.5 Å². The first-order valence-corrected chi connectivity index (χ1v) is 10.4. The fourth-order valence-corrected chi connectivity index (χ4v) is 4.33. The number of benzene rings is 1. The summed E-state index contributed by atoms with van der Waals surface area (Å²) in [7, 11) is 1.73. The third-order valence-corrected chi connectivity index (χ3v) is 6.03. The zero-order chi connectivity index (χ0) is 22.2. The molecule has 1 aromatic carbocycles. The number of nitrogens with one attached hydrogen (secondary N) is 1. The van der Waals surface area contributed by atoms with Gasteiger partial charge in [0.05, 0.1) is 52.5 Å². The van der Waals surface area contributed by atoms with Gasteiger partial charge in [0.2, 0.25) is 0 Å². The molecule has 8 nitrogen and oxygen atoms in total. The number of amides is 1. The van der Waals surface area contributed by atoms with Crippen LogP contribution in [0.15, 0.2) is 36.5 Å². The van der Waals surface area contributed by atoms with E-state index in [1.165, 1.54) is 12.1 Å². The predicted molar refractivity (Wildman–Crippen MR) is 115 cm³/mol.